The molecule has 0 bridgehead atoms. The minimum atomic E-state index is -4.66. The molecule has 0 unspecified atom stereocenters. The van der Waals surface area contributed by atoms with Gasteiger partial charge >= 0.3 is 10.4 Å². The van der Waals surface area contributed by atoms with E-state index in [1.54, 1.807) is 0 Å². The Morgan fingerprint density at radius 3 is 2.29 bits per heavy atom. The van der Waals surface area contributed by atoms with Crippen LogP contribution in [0.5, 0.6) is 0 Å². The molecule has 0 aliphatic carbocycles. The summed E-state index contributed by atoms with van der Waals surface area (Å²) < 4.78 is 32.9. The second-order valence-electron chi connectivity index (χ2n) is 3.27. The van der Waals surface area contributed by atoms with Gasteiger partial charge in [0.05, 0.1) is 5.54 Å². The van der Waals surface area contributed by atoms with Gasteiger partial charge in [-0.3, -0.25) is 9.35 Å². The SMILES string of the molecule is CC1(C)[C@H](N)C(=O)N1OS(=O)(=O)O.S. The summed E-state index contributed by atoms with van der Waals surface area (Å²) in [5.41, 5.74) is 4.44. The zero-order valence-corrected chi connectivity index (χ0v) is 9.41. The molecule has 14 heavy (non-hydrogen) atoms. The molecule has 84 valence electrons. The van der Waals surface area contributed by atoms with E-state index in [1.165, 1.54) is 13.8 Å². The van der Waals surface area contributed by atoms with E-state index in [0.29, 0.717) is 5.06 Å². The van der Waals surface area contributed by atoms with E-state index in [4.69, 9.17) is 10.3 Å². The van der Waals surface area contributed by atoms with Crippen molar-refractivity contribution in [3.05, 3.63) is 0 Å². The summed E-state index contributed by atoms with van der Waals surface area (Å²) in [5.74, 6) is -0.678. The molecule has 3 N–H and O–H groups in total. The van der Waals surface area contributed by atoms with Crippen LogP contribution in [0, 0.1) is 0 Å². The van der Waals surface area contributed by atoms with E-state index in [9.17, 15) is 13.2 Å². The smallest absolute Gasteiger partial charge is 0.318 e. The molecule has 0 saturated carbocycles. The molecular formula is C5H12N2O5S2. The lowest BCUT2D eigenvalue weighted by atomic mass is 9.86. The number of nitrogens with zero attached hydrogens (tertiary/aromatic N) is 1. The quantitative estimate of drug-likeness (QED) is 0.465. The minimum Gasteiger partial charge on any atom is -0.318 e. The van der Waals surface area contributed by atoms with Crippen LogP contribution in [0.15, 0.2) is 0 Å². The normalized spacial score (nSPS) is 25.3. The van der Waals surface area contributed by atoms with Crippen LogP contribution < -0.4 is 5.73 Å². The van der Waals surface area contributed by atoms with E-state index < -0.39 is 27.9 Å². The highest BCUT2D eigenvalue weighted by Crippen LogP contribution is 2.30. The van der Waals surface area contributed by atoms with Crippen molar-refractivity contribution >= 4 is 29.8 Å². The summed E-state index contributed by atoms with van der Waals surface area (Å²) in [6, 6.07) is -0.811. The second kappa shape index (κ2) is 3.66. The van der Waals surface area contributed by atoms with Crippen LogP contribution in [0.1, 0.15) is 13.8 Å². The van der Waals surface area contributed by atoms with Gasteiger partial charge in [-0.15, -0.1) is 4.28 Å². The Bertz CT molecular complexity index is 338. The van der Waals surface area contributed by atoms with E-state index in [0.717, 1.165) is 0 Å². The number of β-lactam (4-membered cyclic amide) rings is 1. The molecule has 1 aliphatic rings. The van der Waals surface area contributed by atoms with Crippen LogP contribution in [0.4, 0.5) is 0 Å². The lowest BCUT2D eigenvalue weighted by Gasteiger charge is -2.48. The van der Waals surface area contributed by atoms with Crippen molar-refractivity contribution in [2.45, 2.75) is 25.4 Å². The van der Waals surface area contributed by atoms with Crippen molar-refractivity contribution in [1.29, 1.82) is 0 Å². The van der Waals surface area contributed by atoms with Gasteiger partial charge in [-0.25, -0.2) is 0 Å². The van der Waals surface area contributed by atoms with Crippen LogP contribution >= 0.6 is 13.5 Å². The summed E-state index contributed by atoms with van der Waals surface area (Å²) in [4.78, 5) is 11.0. The van der Waals surface area contributed by atoms with Crippen LogP contribution in [0.3, 0.4) is 0 Å². The predicted octanol–water partition coefficient (Wildman–Crippen LogP) is -1.22. The monoisotopic (exact) mass is 244 g/mol. The zero-order valence-electron chi connectivity index (χ0n) is 7.59. The molecule has 1 aliphatic heterocycles. The maximum Gasteiger partial charge on any atom is 0.418 e. The van der Waals surface area contributed by atoms with Gasteiger partial charge in [-0.1, -0.05) is 0 Å². The van der Waals surface area contributed by atoms with E-state index >= 15 is 0 Å². The lowest BCUT2D eigenvalue weighted by Crippen LogP contribution is -2.74. The highest BCUT2D eigenvalue weighted by Gasteiger charge is 2.55. The molecule has 1 atom stereocenters. The maximum absolute atomic E-state index is 11.0. The third-order valence-corrected chi connectivity index (χ3v) is 2.26. The summed E-state index contributed by atoms with van der Waals surface area (Å²) in [6.45, 7) is 3.04. The first-order valence-electron chi connectivity index (χ1n) is 3.43. The second-order valence-corrected chi connectivity index (χ2v) is 4.27. The molecule has 1 amide bonds. The van der Waals surface area contributed by atoms with Crippen LogP contribution in [0.25, 0.3) is 0 Å². The number of hydrogen-bond acceptors (Lipinski definition) is 5. The number of nitrogens with two attached hydrogens (primary N) is 1. The average Bonchev–Trinajstić information content (AvgIpc) is 1.96. The van der Waals surface area contributed by atoms with Gasteiger partial charge in [0.15, 0.2) is 0 Å². The molecule has 1 heterocycles. The highest BCUT2D eigenvalue weighted by atomic mass is 32.3. The van der Waals surface area contributed by atoms with Crippen LogP contribution in [-0.2, 0) is 19.5 Å². The van der Waals surface area contributed by atoms with Crippen molar-refractivity contribution in [3.63, 3.8) is 0 Å². The molecular weight excluding hydrogens is 232 g/mol. The number of hydroxylamine groups is 2. The van der Waals surface area contributed by atoms with E-state index in [-0.39, 0.29) is 13.5 Å². The number of hydrogen-bond donors (Lipinski definition) is 2. The van der Waals surface area contributed by atoms with Crippen molar-refractivity contribution in [2.75, 3.05) is 0 Å². The summed E-state index contributed by atoms with van der Waals surface area (Å²) >= 11 is 0. The molecule has 9 heteroatoms. The van der Waals surface area contributed by atoms with Crippen molar-refractivity contribution in [3.8, 4) is 0 Å². The van der Waals surface area contributed by atoms with Gasteiger partial charge in [-0.05, 0) is 13.8 Å². The van der Waals surface area contributed by atoms with Crippen molar-refractivity contribution in [2.24, 2.45) is 5.73 Å². The Labute approximate surface area is 88.6 Å². The Balaban J connectivity index is 0.00000169. The van der Waals surface area contributed by atoms with Crippen molar-refractivity contribution < 1.29 is 22.0 Å². The number of amides is 1. The molecule has 0 aromatic heterocycles. The van der Waals surface area contributed by atoms with Crippen LogP contribution in [-0.4, -0.2) is 35.5 Å². The Kier molecular flexibility index (Phi) is 3.57. The average molecular weight is 244 g/mol. The number of rotatable bonds is 2. The number of carbonyl (C=O) groups is 1. The first-order chi connectivity index (χ1) is 5.66. The Hall–Kier alpha value is -0.350. The van der Waals surface area contributed by atoms with Gasteiger partial charge in [0.1, 0.15) is 6.04 Å². The summed E-state index contributed by atoms with van der Waals surface area (Å²) in [6.07, 6.45) is 0. The van der Waals surface area contributed by atoms with Gasteiger partial charge in [0, 0.05) is 0 Å². The predicted molar refractivity (Wildman–Crippen MR) is 51.9 cm³/mol. The fraction of sp³-hybridized carbons (Fsp3) is 0.800. The van der Waals surface area contributed by atoms with E-state index in [1.807, 2.05) is 0 Å². The third-order valence-electron chi connectivity index (χ3n) is 1.92. The largest absolute Gasteiger partial charge is 0.418 e. The maximum atomic E-state index is 11.0. The molecule has 1 fully saturated rings. The molecule has 1 saturated heterocycles. The molecule has 7 nitrogen and oxygen atoms in total. The fourth-order valence-corrected chi connectivity index (χ4v) is 1.45. The van der Waals surface area contributed by atoms with Crippen LogP contribution in [0.2, 0.25) is 0 Å². The Morgan fingerprint density at radius 2 is 2.00 bits per heavy atom. The summed E-state index contributed by atoms with van der Waals surface area (Å²) in [7, 11) is -4.66. The third kappa shape index (κ3) is 2.17. The van der Waals surface area contributed by atoms with Crippen molar-refractivity contribution in [1.82, 2.24) is 5.06 Å². The molecule has 0 radical (unpaired) electrons. The first-order valence-corrected chi connectivity index (χ1v) is 4.79. The van der Waals surface area contributed by atoms with E-state index in [2.05, 4.69) is 4.28 Å². The fourth-order valence-electron chi connectivity index (χ4n) is 1.000. The lowest BCUT2D eigenvalue weighted by molar-refractivity contribution is -0.214. The molecule has 0 aromatic rings. The Morgan fingerprint density at radius 1 is 1.57 bits per heavy atom. The van der Waals surface area contributed by atoms with Gasteiger partial charge in [-0.2, -0.15) is 27.0 Å². The zero-order chi connectivity index (χ0) is 10.4. The molecule has 0 aromatic carbocycles. The number of carbonyl (C=O) groups excluding carboxylic acids is 1. The topological polar surface area (TPSA) is 110 Å². The minimum absolute atomic E-state index is 0. The van der Waals surface area contributed by atoms with Gasteiger partial charge in [0.25, 0.3) is 5.91 Å². The standard InChI is InChI=1S/C5H10N2O5S.H2S/c1-5(2)3(6)4(8)7(5)12-13(9,10)11;/h3H,6H2,1-2H3,(H,9,10,11);1H2/t3-;/m1./s1. The molecule has 1 rings (SSSR count). The molecule has 0 spiro atoms. The highest BCUT2D eigenvalue weighted by molar-refractivity contribution is 7.80. The van der Waals surface area contributed by atoms with Gasteiger partial charge < -0.3 is 5.73 Å². The first kappa shape index (κ1) is 13.7. The summed E-state index contributed by atoms with van der Waals surface area (Å²) in [5, 5.41) is 0.535. The van der Waals surface area contributed by atoms with Gasteiger partial charge in [0.2, 0.25) is 0 Å².